The van der Waals surface area contributed by atoms with Crippen LogP contribution >= 0.6 is 0 Å². The maximum atomic E-state index is 5.22. The van der Waals surface area contributed by atoms with Crippen LogP contribution in [0.4, 0.5) is 0 Å². The molecule has 0 unspecified atom stereocenters. The normalized spacial score (nSPS) is 12.1. The first kappa shape index (κ1) is 10.3. The molecule has 0 aliphatic heterocycles. The maximum absolute atomic E-state index is 5.22. The lowest BCUT2D eigenvalue weighted by Crippen LogP contribution is -1.88. The second-order valence-electron chi connectivity index (χ2n) is 2.92. The number of allylic oxidation sites excluding steroid dienone is 3. The molecule has 0 rings (SSSR count). The van der Waals surface area contributed by atoms with Crippen LogP contribution in [0.5, 0.6) is 0 Å². The molecule has 0 amide bonds. The summed E-state index contributed by atoms with van der Waals surface area (Å²) >= 11 is 0. The van der Waals surface area contributed by atoms with Crippen LogP contribution in [0.15, 0.2) is 23.0 Å². The number of hydrogen-bond acceptors (Lipinski definition) is 1. The van der Waals surface area contributed by atoms with Crippen molar-refractivity contribution in [1.29, 1.82) is 0 Å². The first-order valence-corrected chi connectivity index (χ1v) is 4.00. The lowest BCUT2D eigenvalue weighted by atomic mass is 10.1. The minimum atomic E-state index is 1.01. The summed E-state index contributed by atoms with van der Waals surface area (Å²) in [6.45, 7) is 8.37. The zero-order chi connectivity index (χ0) is 8.85. The van der Waals surface area contributed by atoms with Crippen LogP contribution in [0, 0.1) is 0 Å². The zero-order valence-electron chi connectivity index (χ0n) is 8.19. The van der Waals surface area contributed by atoms with Gasteiger partial charge in [0.15, 0.2) is 0 Å². The Labute approximate surface area is 69.8 Å². The number of ether oxygens (including phenoxy) is 1. The molecule has 0 bridgehead atoms. The molecule has 0 aliphatic rings. The summed E-state index contributed by atoms with van der Waals surface area (Å²) in [4.78, 5) is 0. The van der Waals surface area contributed by atoms with Crippen LogP contribution in [0.2, 0.25) is 0 Å². The molecule has 0 aromatic heterocycles. The molecular formula is C10H18O. The van der Waals surface area contributed by atoms with Gasteiger partial charge in [0.05, 0.1) is 7.11 Å². The van der Waals surface area contributed by atoms with Crippen molar-refractivity contribution in [3.05, 3.63) is 23.0 Å². The lowest BCUT2D eigenvalue weighted by molar-refractivity contribution is 0.300. The zero-order valence-corrected chi connectivity index (χ0v) is 8.19. The molecule has 0 aliphatic carbocycles. The summed E-state index contributed by atoms with van der Waals surface area (Å²) in [5, 5.41) is 0. The van der Waals surface area contributed by atoms with Crippen LogP contribution in [-0.4, -0.2) is 7.11 Å². The Hall–Kier alpha value is -0.720. The van der Waals surface area contributed by atoms with Gasteiger partial charge in [0, 0.05) is 0 Å². The van der Waals surface area contributed by atoms with Crippen LogP contribution in [0.25, 0.3) is 0 Å². The highest BCUT2D eigenvalue weighted by molar-refractivity contribution is 5.21. The molecular weight excluding hydrogens is 136 g/mol. The third-order valence-corrected chi connectivity index (χ3v) is 1.59. The first-order chi connectivity index (χ1) is 5.11. The van der Waals surface area contributed by atoms with Crippen molar-refractivity contribution >= 4 is 0 Å². The van der Waals surface area contributed by atoms with Crippen molar-refractivity contribution in [2.45, 2.75) is 34.1 Å². The summed E-state index contributed by atoms with van der Waals surface area (Å²) in [6, 6.07) is 0. The van der Waals surface area contributed by atoms with Gasteiger partial charge in [-0.3, -0.25) is 0 Å². The molecule has 0 atom stereocenters. The van der Waals surface area contributed by atoms with Crippen LogP contribution in [0.3, 0.4) is 0 Å². The van der Waals surface area contributed by atoms with Gasteiger partial charge in [-0.05, 0) is 38.8 Å². The summed E-state index contributed by atoms with van der Waals surface area (Å²) in [5.74, 6) is 1.01. The maximum Gasteiger partial charge on any atom is 0.117 e. The molecule has 0 spiro atoms. The van der Waals surface area contributed by atoms with Gasteiger partial charge in [0.25, 0.3) is 0 Å². The molecule has 64 valence electrons. The lowest BCUT2D eigenvalue weighted by Gasteiger charge is -2.05. The van der Waals surface area contributed by atoms with E-state index >= 15 is 0 Å². The predicted molar refractivity (Wildman–Crippen MR) is 49.4 cm³/mol. The van der Waals surface area contributed by atoms with Gasteiger partial charge in [-0.15, -0.1) is 0 Å². The monoisotopic (exact) mass is 154 g/mol. The molecule has 0 saturated heterocycles. The number of rotatable bonds is 3. The quantitative estimate of drug-likeness (QED) is 0.447. The van der Waals surface area contributed by atoms with E-state index in [4.69, 9.17) is 4.74 Å². The van der Waals surface area contributed by atoms with Gasteiger partial charge in [0.1, 0.15) is 5.76 Å². The van der Waals surface area contributed by atoms with Gasteiger partial charge in [0.2, 0.25) is 0 Å². The highest BCUT2D eigenvalue weighted by Crippen LogP contribution is 2.11. The Morgan fingerprint density at radius 1 is 1.27 bits per heavy atom. The van der Waals surface area contributed by atoms with E-state index in [9.17, 15) is 0 Å². The van der Waals surface area contributed by atoms with E-state index in [0.29, 0.717) is 0 Å². The fourth-order valence-electron chi connectivity index (χ4n) is 0.793. The van der Waals surface area contributed by atoms with E-state index in [1.807, 2.05) is 0 Å². The molecule has 0 radical (unpaired) electrons. The Bertz CT molecular complexity index is 171. The van der Waals surface area contributed by atoms with Crippen molar-refractivity contribution in [1.82, 2.24) is 0 Å². The second kappa shape index (κ2) is 5.00. The highest BCUT2D eigenvalue weighted by atomic mass is 16.5. The van der Waals surface area contributed by atoms with E-state index in [-0.39, 0.29) is 0 Å². The molecule has 0 aromatic carbocycles. The van der Waals surface area contributed by atoms with Crippen molar-refractivity contribution < 1.29 is 4.74 Å². The third-order valence-electron chi connectivity index (χ3n) is 1.59. The average molecular weight is 154 g/mol. The molecule has 1 nitrogen and oxygen atoms in total. The Morgan fingerprint density at radius 2 is 1.82 bits per heavy atom. The van der Waals surface area contributed by atoms with E-state index in [2.05, 4.69) is 33.8 Å². The van der Waals surface area contributed by atoms with Gasteiger partial charge in [-0.2, -0.15) is 0 Å². The topological polar surface area (TPSA) is 9.23 Å². The van der Waals surface area contributed by atoms with Gasteiger partial charge in [-0.1, -0.05) is 12.5 Å². The van der Waals surface area contributed by atoms with Crippen molar-refractivity contribution in [3.63, 3.8) is 0 Å². The Kier molecular flexibility index (Phi) is 4.67. The summed E-state index contributed by atoms with van der Waals surface area (Å²) in [5.41, 5.74) is 2.57. The molecule has 11 heavy (non-hydrogen) atoms. The Morgan fingerprint density at radius 3 is 2.09 bits per heavy atom. The van der Waals surface area contributed by atoms with Crippen molar-refractivity contribution in [3.8, 4) is 0 Å². The minimum absolute atomic E-state index is 1.01. The SMILES string of the molecule is CC/C(C)=C(\C=C(C)C)OC. The molecule has 0 N–H and O–H groups in total. The van der Waals surface area contributed by atoms with Crippen LogP contribution in [-0.2, 0) is 4.74 Å². The van der Waals surface area contributed by atoms with E-state index < -0.39 is 0 Å². The smallest absolute Gasteiger partial charge is 0.117 e. The summed E-state index contributed by atoms with van der Waals surface area (Å²) in [6.07, 6.45) is 3.12. The number of methoxy groups -OCH3 is 1. The minimum Gasteiger partial charge on any atom is -0.497 e. The Balaban J connectivity index is 4.52. The van der Waals surface area contributed by atoms with E-state index in [0.717, 1.165) is 12.2 Å². The predicted octanol–water partition coefficient (Wildman–Crippen LogP) is 3.28. The fourth-order valence-corrected chi connectivity index (χ4v) is 0.793. The van der Waals surface area contributed by atoms with Crippen molar-refractivity contribution in [2.24, 2.45) is 0 Å². The van der Waals surface area contributed by atoms with E-state index in [1.165, 1.54) is 11.1 Å². The highest BCUT2D eigenvalue weighted by Gasteiger charge is 1.95. The fraction of sp³-hybridized carbons (Fsp3) is 0.600. The third kappa shape index (κ3) is 3.87. The van der Waals surface area contributed by atoms with Gasteiger partial charge < -0.3 is 4.74 Å². The molecule has 0 fully saturated rings. The summed E-state index contributed by atoms with van der Waals surface area (Å²) < 4.78 is 5.22. The van der Waals surface area contributed by atoms with Crippen LogP contribution < -0.4 is 0 Å². The van der Waals surface area contributed by atoms with Crippen LogP contribution in [0.1, 0.15) is 34.1 Å². The average Bonchev–Trinajstić information content (AvgIpc) is 1.98. The molecule has 0 heterocycles. The number of hydrogen-bond donors (Lipinski definition) is 0. The van der Waals surface area contributed by atoms with E-state index in [1.54, 1.807) is 7.11 Å². The summed E-state index contributed by atoms with van der Waals surface area (Å²) in [7, 11) is 1.72. The first-order valence-electron chi connectivity index (χ1n) is 4.00. The molecule has 0 aromatic rings. The second-order valence-corrected chi connectivity index (χ2v) is 2.92. The van der Waals surface area contributed by atoms with Crippen molar-refractivity contribution in [2.75, 3.05) is 7.11 Å². The largest absolute Gasteiger partial charge is 0.497 e. The standard InChI is InChI=1S/C10H18O/c1-6-9(4)10(11-5)7-8(2)3/h7H,6H2,1-5H3/b10-9+. The molecule has 1 heteroatoms. The van der Waals surface area contributed by atoms with Gasteiger partial charge in [-0.25, -0.2) is 0 Å². The van der Waals surface area contributed by atoms with Gasteiger partial charge >= 0.3 is 0 Å². The molecule has 0 saturated carbocycles.